The predicted molar refractivity (Wildman–Crippen MR) is 132 cm³/mol. The average molecular weight is 525 g/mol. The van der Waals surface area contributed by atoms with Crippen molar-refractivity contribution in [2.24, 2.45) is 0 Å². The Morgan fingerprint density at radius 1 is 1.25 bits per heavy atom. The second-order valence-corrected chi connectivity index (χ2v) is 10.5. The van der Waals surface area contributed by atoms with Gasteiger partial charge in [0.1, 0.15) is 23.3 Å². The van der Waals surface area contributed by atoms with Crippen LogP contribution in [-0.2, 0) is 9.47 Å². The van der Waals surface area contributed by atoms with Gasteiger partial charge in [0.05, 0.1) is 22.8 Å². The van der Waals surface area contributed by atoms with Gasteiger partial charge in [0.25, 0.3) is 0 Å². The van der Waals surface area contributed by atoms with Crippen molar-refractivity contribution in [1.29, 1.82) is 0 Å². The monoisotopic (exact) mass is 524 g/mol. The van der Waals surface area contributed by atoms with E-state index in [4.69, 9.17) is 25.8 Å². The highest BCUT2D eigenvalue weighted by atomic mass is 35.5. The van der Waals surface area contributed by atoms with E-state index in [0.717, 1.165) is 6.42 Å². The van der Waals surface area contributed by atoms with Crippen molar-refractivity contribution in [3.05, 3.63) is 35.1 Å². The van der Waals surface area contributed by atoms with E-state index in [2.05, 4.69) is 10.2 Å². The molecule has 0 N–H and O–H groups in total. The van der Waals surface area contributed by atoms with Gasteiger partial charge >= 0.3 is 6.09 Å². The van der Waals surface area contributed by atoms with E-state index in [-0.39, 0.29) is 17.9 Å². The fourth-order valence-corrected chi connectivity index (χ4v) is 5.04. The van der Waals surface area contributed by atoms with Crippen LogP contribution in [0.15, 0.2) is 24.3 Å². The molecular weight excluding hydrogens is 494 g/mol. The zero-order valence-corrected chi connectivity index (χ0v) is 21.8. The number of anilines is 1. The molecule has 0 aliphatic carbocycles. The summed E-state index contributed by atoms with van der Waals surface area (Å²) in [7, 11) is 3.23. The molecule has 8 nitrogen and oxygen atoms in total. The fourth-order valence-electron chi connectivity index (χ4n) is 4.89. The van der Waals surface area contributed by atoms with Crippen molar-refractivity contribution in [2.45, 2.75) is 69.9 Å². The average Bonchev–Trinajstić information content (AvgIpc) is 3.17. The summed E-state index contributed by atoms with van der Waals surface area (Å²) >= 11 is 5.90. The third-order valence-electron chi connectivity index (χ3n) is 6.54. The number of ether oxygens (including phenoxy) is 3. The molecule has 2 aromatic rings. The Morgan fingerprint density at radius 2 is 2.00 bits per heavy atom. The molecule has 2 fully saturated rings. The smallest absolute Gasteiger partial charge is 0.410 e. The van der Waals surface area contributed by atoms with Crippen molar-refractivity contribution in [1.82, 2.24) is 15.1 Å². The second kappa shape index (κ2) is 10.3. The van der Waals surface area contributed by atoms with Crippen LogP contribution in [0.2, 0.25) is 5.02 Å². The van der Waals surface area contributed by atoms with E-state index in [1.54, 1.807) is 49.8 Å². The summed E-state index contributed by atoms with van der Waals surface area (Å²) in [5.74, 6) is 0.144. The predicted octanol–water partition coefficient (Wildman–Crippen LogP) is 5.23. The van der Waals surface area contributed by atoms with Gasteiger partial charge in [-0.25, -0.2) is 13.6 Å². The summed E-state index contributed by atoms with van der Waals surface area (Å²) in [6.07, 6.45) is 0.0264. The highest BCUT2D eigenvalue weighted by Crippen LogP contribution is 2.41. The maximum absolute atomic E-state index is 15.7. The molecule has 1 aromatic heterocycles. The zero-order chi connectivity index (χ0) is 26.2. The molecule has 36 heavy (non-hydrogen) atoms. The van der Waals surface area contributed by atoms with Crippen molar-refractivity contribution in [2.75, 3.05) is 25.9 Å². The van der Waals surface area contributed by atoms with Crippen LogP contribution >= 0.6 is 11.6 Å². The number of rotatable bonds is 6. The lowest BCUT2D eigenvalue weighted by atomic mass is 9.94. The standard InChI is InChI=1S/C25H31ClF2N4O4/c1-25(2,3)36-24(33)32-14-6-8-19(32)23(28)20(10-14)31(4)22-9-7-18(29-30-22)15-11-17(27)16(26)12-21(15)35-13-34-5/h7,9,11-12,14,19-20,23H,6,8,10,13H2,1-5H3. The molecule has 2 aliphatic heterocycles. The van der Waals surface area contributed by atoms with Gasteiger partial charge in [0.2, 0.25) is 0 Å². The van der Waals surface area contributed by atoms with Crippen molar-refractivity contribution in [3.63, 3.8) is 0 Å². The Morgan fingerprint density at radius 3 is 2.64 bits per heavy atom. The maximum Gasteiger partial charge on any atom is 0.410 e. The van der Waals surface area contributed by atoms with E-state index in [1.165, 1.54) is 19.2 Å². The minimum Gasteiger partial charge on any atom is -0.467 e. The molecule has 0 spiro atoms. The number of carbonyl (C=O) groups excluding carboxylic acids is 1. The first kappa shape index (κ1) is 26.3. The third-order valence-corrected chi connectivity index (χ3v) is 6.83. The Balaban J connectivity index is 1.52. The molecule has 2 bridgehead atoms. The van der Waals surface area contributed by atoms with Crippen LogP contribution in [-0.4, -0.2) is 72.0 Å². The SMILES string of the molecule is COCOc1cc(Cl)c(F)cc1-c1ccc(N(C)C2CC3CCC(C2F)N3C(=O)OC(C)(C)C)nn1. The number of alkyl halides is 1. The quantitative estimate of drug-likeness (QED) is 0.479. The number of hydrogen-bond acceptors (Lipinski definition) is 7. The molecule has 2 saturated heterocycles. The number of halogens is 3. The Kier molecular flexibility index (Phi) is 7.56. The Labute approximate surface area is 214 Å². The Bertz CT molecular complexity index is 1100. The number of fused-ring (bicyclic) bond motifs is 2. The highest BCUT2D eigenvalue weighted by molar-refractivity contribution is 6.31. The summed E-state index contributed by atoms with van der Waals surface area (Å²) in [6, 6.07) is 4.82. The van der Waals surface area contributed by atoms with Gasteiger partial charge in [-0.3, -0.25) is 4.90 Å². The number of nitrogens with zero attached hydrogens (tertiary/aromatic N) is 4. The lowest BCUT2D eigenvalue weighted by molar-refractivity contribution is -0.0104. The van der Waals surface area contributed by atoms with Crippen LogP contribution in [0.4, 0.5) is 19.4 Å². The van der Waals surface area contributed by atoms with E-state index < -0.39 is 35.8 Å². The fraction of sp³-hybridized carbons (Fsp3) is 0.560. The number of hydrogen-bond donors (Lipinski definition) is 0. The minimum atomic E-state index is -1.28. The van der Waals surface area contributed by atoms with Crippen molar-refractivity contribution < 1.29 is 27.8 Å². The summed E-state index contributed by atoms with van der Waals surface area (Å²) in [4.78, 5) is 16.1. The van der Waals surface area contributed by atoms with Gasteiger partial charge in [0.15, 0.2) is 12.6 Å². The molecular formula is C25H31ClF2N4O4. The number of methoxy groups -OCH3 is 1. The first-order chi connectivity index (χ1) is 17.0. The number of amides is 1. The van der Waals surface area contributed by atoms with Gasteiger partial charge in [0, 0.05) is 31.8 Å². The second-order valence-electron chi connectivity index (χ2n) is 10.1. The number of carbonyl (C=O) groups is 1. The minimum absolute atomic E-state index is 0.0502. The molecule has 196 valence electrons. The molecule has 4 unspecified atom stereocenters. The summed E-state index contributed by atoms with van der Waals surface area (Å²) in [6.45, 7) is 5.35. The molecule has 4 rings (SSSR count). The molecule has 0 saturated carbocycles. The first-order valence-electron chi connectivity index (χ1n) is 11.8. The van der Waals surface area contributed by atoms with E-state index in [1.807, 2.05) is 0 Å². The van der Waals surface area contributed by atoms with Crippen molar-refractivity contribution >= 4 is 23.5 Å². The van der Waals surface area contributed by atoms with E-state index in [9.17, 15) is 9.18 Å². The van der Waals surface area contributed by atoms with Gasteiger partial charge in [-0.15, -0.1) is 10.2 Å². The Hall–Kier alpha value is -2.72. The van der Waals surface area contributed by atoms with Crippen LogP contribution in [0.5, 0.6) is 5.75 Å². The summed E-state index contributed by atoms with van der Waals surface area (Å²) in [5, 5.41) is 8.42. The van der Waals surface area contributed by atoms with Gasteiger partial charge in [-0.1, -0.05) is 11.6 Å². The first-order valence-corrected chi connectivity index (χ1v) is 12.2. The zero-order valence-electron chi connectivity index (χ0n) is 21.0. The number of benzene rings is 1. The van der Waals surface area contributed by atoms with Crippen LogP contribution in [0.25, 0.3) is 11.3 Å². The maximum atomic E-state index is 15.7. The van der Waals surface area contributed by atoms with Gasteiger partial charge < -0.3 is 19.1 Å². The van der Waals surface area contributed by atoms with E-state index in [0.29, 0.717) is 35.7 Å². The number of aromatic nitrogens is 2. The van der Waals surface area contributed by atoms with Gasteiger partial charge in [-0.05, 0) is 58.2 Å². The van der Waals surface area contributed by atoms with E-state index >= 15 is 4.39 Å². The van der Waals surface area contributed by atoms with Crippen molar-refractivity contribution in [3.8, 4) is 17.0 Å². The van der Waals surface area contributed by atoms with Crippen LogP contribution in [0, 0.1) is 5.82 Å². The van der Waals surface area contributed by atoms with Crippen LogP contribution < -0.4 is 9.64 Å². The molecule has 2 aliphatic rings. The molecule has 1 amide bonds. The lowest BCUT2D eigenvalue weighted by Crippen LogP contribution is -2.59. The molecule has 0 radical (unpaired) electrons. The number of piperidine rings is 1. The lowest BCUT2D eigenvalue weighted by Gasteiger charge is -2.44. The molecule has 3 heterocycles. The largest absolute Gasteiger partial charge is 0.467 e. The molecule has 4 atom stereocenters. The van der Waals surface area contributed by atoms with Gasteiger partial charge in [-0.2, -0.15) is 0 Å². The molecule has 11 heteroatoms. The summed E-state index contributed by atoms with van der Waals surface area (Å²) < 4.78 is 45.8. The topological polar surface area (TPSA) is 77.0 Å². The molecule has 1 aromatic carbocycles. The summed E-state index contributed by atoms with van der Waals surface area (Å²) in [5.41, 5.74) is 0.0857. The normalized spacial score (nSPS) is 23.5. The highest BCUT2D eigenvalue weighted by Gasteiger charge is 2.52. The van der Waals surface area contributed by atoms with Crippen LogP contribution in [0.1, 0.15) is 40.0 Å². The third kappa shape index (κ3) is 5.34. The van der Waals surface area contributed by atoms with Crippen LogP contribution in [0.3, 0.4) is 0 Å².